The zero-order valence-electron chi connectivity index (χ0n) is 8.94. The van der Waals surface area contributed by atoms with Crippen LogP contribution in [0.4, 0.5) is 11.4 Å². The minimum atomic E-state index is -0.621. The van der Waals surface area contributed by atoms with E-state index in [1.165, 1.54) is 0 Å². The molecule has 1 aromatic carbocycles. The number of carbonyl (C=O) groups is 1. The van der Waals surface area contributed by atoms with Gasteiger partial charge in [-0.05, 0) is 32.4 Å². The Morgan fingerprint density at radius 1 is 1.27 bits per heavy atom. The standard InChI is InChI=1S/C11H13ClN2O/c1-6-4-5-7(12)9-8(6)13-10(15)11(2,3)14-9/h4-5,14H,1-3H3,(H,13,15). The molecule has 2 N–H and O–H groups in total. The number of carbonyl (C=O) groups excluding carboxylic acids is 1. The van der Waals surface area contributed by atoms with E-state index in [-0.39, 0.29) is 5.91 Å². The van der Waals surface area contributed by atoms with Crippen LogP contribution in [0.25, 0.3) is 0 Å². The van der Waals surface area contributed by atoms with Crippen molar-refractivity contribution < 1.29 is 4.79 Å². The first kappa shape index (κ1) is 10.3. The first-order chi connectivity index (χ1) is 6.92. The van der Waals surface area contributed by atoms with E-state index in [4.69, 9.17) is 11.6 Å². The van der Waals surface area contributed by atoms with Gasteiger partial charge in [0.15, 0.2) is 0 Å². The van der Waals surface area contributed by atoms with Gasteiger partial charge in [0.05, 0.1) is 16.4 Å². The van der Waals surface area contributed by atoms with Crippen molar-refractivity contribution in [2.24, 2.45) is 0 Å². The molecule has 0 fully saturated rings. The molecule has 0 bridgehead atoms. The number of fused-ring (bicyclic) bond motifs is 1. The predicted molar refractivity (Wildman–Crippen MR) is 62.5 cm³/mol. The molecule has 0 aliphatic carbocycles. The zero-order chi connectivity index (χ0) is 11.2. The summed E-state index contributed by atoms with van der Waals surface area (Å²) in [5.74, 6) is -0.0413. The summed E-state index contributed by atoms with van der Waals surface area (Å²) in [5.41, 5.74) is 1.98. The van der Waals surface area contributed by atoms with Crippen LogP contribution in [0.3, 0.4) is 0 Å². The summed E-state index contributed by atoms with van der Waals surface area (Å²) in [4.78, 5) is 11.7. The average Bonchev–Trinajstić information content (AvgIpc) is 2.15. The molecule has 0 saturated heterocycles. The Morgan fingerprint density at radius 2 is 1.93 bits per heavy atom. The number of halogens is 1. The average molecular weight is 225 g/mol. The lowest BCUT2D eigenvalue weighted by atomic mass is 9.98. The van der Waals surface area contributed by atoms with Crippen LogP contribution < -0.4 is 10.6 Å². The predicted octanol–water partition coefficient (Wildman–Crippen LogP) is 2.79. The second-order valence-electron chi connectivity index (χ2n) is 4.32. The van der Waals surface area contributed by atoms with Crippen LogP contribution in [-0.4, -0.2) is 11.4 Å². The minimum absolute atomic E-state index is 0.0413. The van der Waals surface area contributed by atoms with E-state index in [0.29, 0.717) is 5.02 Å². The Labute approximate surface area is 93.8 Å². The van der Waals surface area contributed by atoms with Gasteiger partial charge in [-0.25, -0.2) is 0 Å². The van der Waals surface area contributed by atoms with Crippen LogP contribution in [0.1, 0.15) is 19.4 Å². The number of hydrogen-bond donors (Lipinski definition) is 2. The highest BCUT2D eigenvalue weighted by Crippen LogP contribution is 2.38. The van der Waals surface area contributed by atoms with E-state index in [1.54, 1.807) is 0 Å². The second kappa shape index (κ2) is 3.14. The number of anilines is 2. The van der Waals surface area contributed by atoms with E-state index < -0.39 is 5.54 Å². The number of aryl methyl sites for hydroxylation is 1. The van der Waals surface area contributed by atoms with Gasteiger partial charge in [0.2, 0.25) is 5.91 Å². The van der Waals surface area contributed by atoms with E-state index in [1.807, 2.05) is 32.9 Å². The van der Waals surface area contributed by atoms with Gasteiger partial charge in [0.25, 0.3) is 0 Å². The Morgan fingerprint density at radius 3 is 2.60 bits per heavy atom. The fourth-order valence-electron chi connectivity index (χ4n) is 1.60. The Hall–Kier alpha value is -1.22. The van der Waals surface area contributed by atoms with Gasteiger partial charge in [-0.2, -0.15) is 0 Å². The molecule has 2 rings (SSSR count). The number of nitrogens with one attached hydrogen (secondary N) is 2. The molecular weight excluding hydrogens is 212 g/mol. The zero-order valence-corrected chi connectivity index (χ0v) is 9.70. The normalized spacial score (nSPS) is 17.7. The van der Waals surface area contributed by atoms with Gasteiger partial charge in [-0.15, -0.1) is 0 Å². The lowest BCUT2D eigenvalue weighted by Crippen LogP contribution is -2.47. The molecular formula is C11H13ClN2O. The topological polar surface area (TPSA) is 41.1 Å². The first-order valence-corrected chi connectivity index (χ1v) is 5.18. The lowest BCUT2D eigenvalue weighted by molar-refractivity contribution is -0.119. The molecule has 1 aromatic rings. The van der Waals surface area contributed by atoms with Gasteiger partial charge < -0.3 is 10.6 Å². The molecule has 0 aromatic heterocycles. The van der Waals surface area contributed by atoms with Gasteiger partial charge in [-0.1, -0.05) is 17.7 Å². The van der Waals surface area contributed by atoms with Crippen molar-refractivity contribution in [1.29, 1.82) is 0 Å². The minimum Gasteiger partial charge on any atom is -0.369 e. The molecule has 1 aliphatic rings. The number of amides is 1. The van der Waals surface area contributed by atoms with Crippen molar-refractivity contribution in [2.75, 3.05) is 10.6 Å². The molecule has 1 aliphatic heterocycles. The van der Waals surface area contributed by atoms with E-state index >= 15 is 0 Å². The van der Waals surface area contributed by atoms with Gasteiger partial charge in [0.1, 0.15) is 5.54 Å². The van der Waals surface area contributed by atoms with Gasteiger partial charge in [-0.3, -0.25) is 4.79 Å². The molecule has 0 spiro atoms. The van der Waals surface area contributed by atoms with E-state index in [9.17, 15) is 4.79 Å². The molecule has 1 heterocycles. The highest BCUT2D eigenvalue weighted by atomic mass is 35.5. The maximum Gasteiger partial charge on any atom is 0.249 e. The molecule has 4 heteroatoms. The van der Waals surface area contributed by atoms with Crippen molar-refractivity contribution in [3.63, 3.8) is 0 Å². The maximum absolute atomic E-state index is 11.7. The van der Waals surface area contributed by atoms with Crippen molar-refractivity contribution in [3.8, 4) is 0 Å². The molecule has 0 atom stereocenters. The summed E-state index contributed by atoms with van der Waals surface area (Å²) in [7, 11) is 0. The molecule has 0 radical (unpaired) electrons. The summed E-state index contributed by atoms with van der Waals surface area (Å²) in [5, 5.41) is 6.65. The molecule has 80 valence electrons. The Bertz CT molecular complexity index is 440. The smallest absolute Gasteiger partial charge is 0.249 e. The second-order valence-corrected chi connectivity index (χ2v) is 4.73. The van der Waals surface area contributed by atoms with Crippen molar-refractivity contribution in [2.45, 2.75) is 26.3 Å². The monoisotopic (exact) mass is 224 g/mol. The molecule has 3 nitrogen and oxygen atoms in total. The maximum atomic E-state index is 11.7. The van der Waals surface area contributed by atoms with Crippen LogP contribution in [0.15, 0.2) is 12.1 Å². The summed E-state index contributed by atoms with van der Waals surface area (Å²) >= 11 is 6.08. The Balaban J connectivity index is 2.59. The summed E-state index contributed by atoms with van der Waals surface area (Å²) < 4.78 is 0. The largest absolute Gasteiger partial charge is 0.369 e. The molecule has 0 unspecified atom stereocenters. The van der Waals surface area contributed by atoms with Crippen LogP contribution in [-0.2, 0) is 4.79 Å². The third-order valence-corrected chi connectivity index (χ3v) is 2.92. The summed E-state index contributed by atoms with van der Waals surface area (Å²) in [6, 6.07) is 3.72. The van der Waals surface area contributed by atoms with Gasteiger partial charge in [0, 0.05) is 0 Å². The summed E-state index contributed by atoms with van der Waals surface area (Å²) in [6.07, 6.45) is 0. The van der Waals surface area contributed by atoms with Crippen molar-refractivity contribution in [1.82, 2.24) is 0 Å². The van der Waals surface area contributed by atoms with Crippen molar-refractivity contribution >= 4 is 28.9 Å². The van der Waals surface area contributed by atoms with Crippen LogP contribution in [0, 0.1) is 6.92 Å². The Kier molecular flexibility index (Phi) is 2.15. The lowest BCUT2D eigenvalue weighted by Gasteiger charge is -2.34. The first-order valence-electron chi connectivity index (χ1n) is 4.80. The fraction of sp³-hybridized carbons (Fsp3) is 0.364. The molecule has 15 heavy (non-hydrogen) atoms. The quantitative estimate of drug-likeness (QED) is 0.712. The summed E-state index contributed by atoms with van der Waals surface area (Å²) in [6.45, 7) is 5.59. The van der Waals surface area contributed by atoms with Gasteiger partial charge >= 0.3 is 0 Å². The molecule has 0 saturated carbocycles. The highest BCUT2D eigenvalue weighted by Gasteiger charge is 2.34. The van der Waals surface area contributed by atoms with Crippen LogP contribution in [0.2, 0.25) is 5.02 Å². The van der Waals surface area contributed by atoms with Crippen molar-refractivity contribution in [3.05, 3.63) is 22.7 Å². The third kappa shape index (κ3) is 1.57. The number of benzene rings is 1. The SMILES string of the molecule is Cc1ccc(Cl)c2c1NC(=O)C(C)(C)N2. The highest BCUT2D eigenvalue weighted by molar-refractivity contribution is 6.34. The number of hydrogen-bond acceptors (Lipinski definition) is 2. The van der Waals surface area contributed by atoms with E-state index in [2.05, 4.69) is 10.6 Å². The number of rotatable bonds is 0. The van der Waals surface area contributed by atoms with E-state index in [0.717, 1.165) is 16.9 Å². The van der Waals surface area contributed by atoms with Crippen LogP contribution >= 0.6 is 11.6 Å². The fourth-order valence-corrected chi connectivity index (χ4v) is 1.81. The third-order valence-electron chi connectivity index (χ3n) is 2.61. The van der Waals surface area contributed by atoms with Crippen LogP contribution in [0.5, 0.6) is 0 Å². The molecule has 1 amide bonds.